The molecule has 10 aromatic rings. The standard InChI is InChI=1S/C45H28N2O2/c1-3-10-29(11-4-1)33-15-9-16-34(26-33)47(35-21-20-31-19-18-30-12-7-8-17-37(30)39(31)27-35)36-22-23-38-42(28-36)48-40-24-25-41-44(43(38)40)46-45(49-41)32-13-5-2-6-14-32/h1-28H. The van der Waals surface area contributed by atoms with Crippen molar-refractivity contribution in [1.82, 2.24) is 4.98 Å². The van der Waals surface area contributed by atoms with Gasteiger partial charge in [-0.25, -0.2) is 4.98 Å². The monoisotopic (exact) mass is 628 g/mol. The number of hydrogen-bond donors (Lipinski definition) is 0. The molecule has 0 atom stereocenters. The maximum atomic E-state index is 6.55. The first-order valence-electron chi connectivity index (χ1n) is 16.5. The third-order valence-corrected chi connectivity index (χ3v) is 9.46. The SMILES string of the molecule is c1ccc(-c2cccc(N(c3ccc4c(c3)oc3ccc5oc(-c6ccccc6)nc5c34)c3ccc4ccc5ccccc5c4c3)c2)cc1. The zero-order valence-electron chi connectivity index (χ0n) is 26.4. The largest absolute Gasteiger partial charge is 0.456 e. The van der Waals surface area contributed by atoms with Gasteiger partial charge in [-0.05, 0) is 93.3 Å². The number of anilines is 3. The quantitative estimate of drug-likeness (QED) is 0.178. The molecule has 4 nitrogen and oxygen atoms in total. The molecule has 2 heterocycles. The van der Waals surface area contributed by atoms with Crippen LogP contribution in [0.2, 0.25) is 0 Å². The summed E-state index contributed by atoms with van der Waals surface area (Å²) in [5.41, 5.74) is 9.50. The Morgan fingerprint density at radius 1 is 0.388 bits per heavy atom. The van der Waals surface area contributed by atoms with Crippen molar-refractivity contribution in [2.75, 3.05) is 4.90 Å². The predicted octanol–water partition coefficient (Wildman–Crippen LogP) is 12.8. The lowest BCUT2D eigenvalue weighted by Gasteiger charge is -2.26. The van der Waals surface area contributed by atoms with Crippen LogP contribution in [0.4, 0.5) is 17.1 Å². The predicted molar refractivity (Wildman–Crippen MR) is 202 cm³/mol. The molecule has 0 saturated carbocycles. The molecule has 0 amide bonds. The van der Waals surface area contributed by atoms with E-state index < -0.39 is 0 Å². The van der Waals surface area contributed by atoms with Crippen LogP contribution in [0.15, 0.2) is 179 Å². The van der Waals surface area contributed by atoms with Gasteiger partial charge in [0, 0.05) is 34.1 Å². The number of benzene rings is 8. The van der Waals surface area contributed by atoms with E-state index >= 15 is 0 Å². The van der Waals surface area contributed by atoms with E-state index in [0.29, 0.717) is 5.89 Å². The lowest BCUT2D eigenvalue weighted by molar-refractivity contribution is 0.619. The zero-order chi connectivity index (χ0) is 32.3. The molecule has 0 aliphatic rings. The number of nitrogens with zero attached hydrogens (tertiary/aromatic N) is 2. The van der Waals surface area contributed by atoms with Crippen molar-refractivity contribution in [2.24, 2.45) is 0 Å². The van der Waals surface area contributed by atoms with Crippen molar-refractivity contribution in [1.29, 1.82) is 0 Å². The average Bonchev–Trinajstić information content (AvgIpc) is 3.77. The van der Waals surface area contributed by atoms with E-state index in [1.165, 1.54) is 27.1 Å². The second-order valence-electron chi connectivity index (χ2n) is 12.4. The van der Waals surface area contributed by atoms with E-state index in [1.54, 1.807) is 0 Å². The van der Waals surface area contributed by atoms with Crippen LogP contribution in [0.1, 0.15) is 0 Å². The normalized spacial score (nSPS) is 11.7. The van der Waals surface area contributed by atoms with Crippen LogP contribution < -0.4 is 4.90 Å². The molecule has 0 aliphatic heterocycles. The summed E-state index contributed by atoms with van der Waals surface area (Å²) in [7, 11) is 0. The minimum absolute atomic E-state index is 0.599. The van der Waals surface area contributed by atoms with E-state index in [9.17, 15) is 0 Å². The van der Waals surface area contributed by atoms with Crippen LogP contribution in [-0.2, 0) is 0 Å². The van der Waals surface area contributed by atoms with Crippen molar-refractivity contribution in [3.63, 3.8) is 0 Å². The molecule has 0 unspecified atom stereocenters. The first kappa shape index (κ1) is 27.5. The Kier molecular flexibility index (Phi) is 6.15. The van der Waals surface area contributed by atoms with Gasteiger partial charge < -0.3 is 13.7 Å². The van der Waals surface area contributed by atoms with Gasteiger partial charge in [0.1, 0.15) is 16.7 Å². The minimum atomic E-state index is 0.599. The molecule has 8 aromatic carbocycles. The number of aromatic nitrogens is 1. The Balaban J connectivity index is 1.17. The first-order valence-corrected chi connectivity index (χ1v) is 16.5. The number of hydrogen-bond acceptors (Lipinski definition) is 4. The zero-order valence-corrected chi connectivity index (χ0v) is 26.4. The molecule has 0 aliphatic carbocycles. The molecule has 0 N–H and O–H groups in total. The van der Waals surface area contributed by atoms with Crippen molar-refractivity contribution < 1.29 is 8.83 Å². The van der Waals surface area contributed by atoms with Crippen molar-refractivity contribution in [3.8, 4) is 22.6 Å². The number of rotatable bonds is 5. The van der Waals surface area contributed by atoms with Crippen LogP contribution in [0.5, 0.6) is 0 Å². The van der Waals surface area contributed by atoms with E-state index in [2.05, 4.69) is 132 Å². The molecule has 2 aromatic heterocycles. The Bertz CT molecular complexity index is 2830. The molecule has 0 radical (unpaired) electrons. The van der Waals surface area contributed by atoms with Crippen LogP contribution >= 0.6 is 0 Å². The van der Waals surface area contributed by atoms with Crippen LogP contribution in [-0.4, -0.2) is 4.98 Å². The van der Waals surface area contributed by atoms with E-state index in [-0.39, 0.29) is 0 Å². The van der Waals surface area contributed by atoms with Gasteiger partial charge in [0.25, 0.3) is 0 Å². The maximum absolute atomic E-state index is 6.55. The fraction of sp³-hybridized carbons (Fsp3) is 0. The van der Waals surface area contributed by atoms with Crippen molar-refractivity contribution in [2.45, 2.75) is 0 Å². The molecule has 0 bridgehead atoms. The van der Waals surface area contributed by atoms with E-state index in [0.717, 1.165) is 61.2 Å². The molecule has 49 heavy (non-hydrogen) atoms. The maximum Gasteiger partial charge on any atom is 0.227 e. The van der Waals surface area contributed by atoms with E-state index in [4.69, 9.17) is 13.8 Å². The molecule has 0 spiro atoms. The second kappa shape index (κ2) is 11.0. The summed E-state index contributed by atoms with van der Waals surface area (Å²) in [5.74, 6) is 0.599. The van der Waals surface area contributed by atoms with E-state index in [1.807, 2.05) is 42.5 Å². The highest BCUT2D eigenvalue weighted by atomic mass is 16.4. The number of oxazole rings is 1. The van der Waals surface area contributed by atoms with Crippen LogP contribution in [0.3, 0.4) is 0 Å². The molecular weight excluding hydrogens is 601 g/mol. The van der Waals surface area contributed by atoms with Gasteiger partial charge in [0.05, 0.1) is 5.39 Å². The highest BCUT2D eigenvalue weighted by molar-refractivity contribution is 6.17. The van der Waals surface area contributed by atoms with Crippen molar-refractivity contribution >= 4 is 71.6 Å². The van der Waals surface area contributed by atoms with Gasteiger partial charge in [-0.2, -0.15) is 0 Å². The molecule has 10 rings (SSSR count). The van der Waals surface area contributed by atoms with Crippen molar-refractivity contribution in [3.05, 3.63) is 170 Å². The van der Waals surface area contributed by atoms with Gasteiger partial charge >= 0.3 is 0 Å². The summed E-state index contributed by atoms with van der Waals surface area (Å²) < 4.78 is 12.8. The molecule has 4 heteroatoms. The third kappa shape index (κ3) is 4.57. The summed E-state index contributed by atoms with van der Waals surface area (Å²) in [6.07, 6.45) is 0. The lowest BCUT2D eigenvalue weighted by atomic mass is 10.0. The third-order valence-electron chi connectivity index (χ3n) is 9.46. The Morgan fingerprint density at radius 3 is 1.90 bits per heavy atom. The highest BCUT2D eigenvalue weighted by Crippen LogP contribution is 2.42. The fourth-order valence-corrected chi connectivity index (χ4v) is 7.12. The summed E-state index contributed by atoms with van der Waals surface area (Å²) in [4.78, 5) is 7.26. The molecular formula is C45H28N2O2. The topological polar surface area (TPSA) is 42.4 Å². The highest BCUT2D eigenvalue weighted by Gasteiger charge is 2.20. The summed E-state index contributed by atoms with van der Waals surface area (Å²) in [6.45, 7) is 0. The molecule has 0 fully saturated rings. The average molecular weight is 629 g/mol. The second-order valence-corrected chi connectivity index (χ2v) is 12.4. The number of furan rings is 1. The van der Waals surface area contributed by atoms with Crippen LogP contribution in [0, 0.1) is 0 Å². The van der Waals surface area contributed by atoms with Gasteiger partial charge in [-0.15, -0.1) is 0 Å². The van der Waals surface area contributed by atoms with Gasteiger partial charge in [0.2, 0.25) is 5.89 Å². The first-order chi connectivity index (χ1) is 24.3. The molecule has 0 saturated heterocycles. The van der Waals surface area contributed by atoms with Gasteiger partial charge in [0.15, 0.2) is 5.58 Å². The minimum Gasteiger partial charge on any atom is -0.456 e. The Morgan fingerprint density at radius 2 is 1.04 bits per heavy atom. The van der Waals surface area contributed by atoms with Gasteiger partial charge in [-0.1, -0.05) is 103 Å². The fourth-order valence-electron chi connectivity index (χ4n) is 7.12. The van der Waals surface area contributed by atoms with Gasteiger partial charge in [-0.3, -0.25) is 0 Å². The molecule has 230 valence electrons. The summed E-state index contributed by atoms with van der Waals surface area (Å²) in [5, 5.41) is 6.84. The Hall–Kier alpha value is -6.65. The Labute approximate surface area is 282 Å². The lowest BCUT2D eigenvalue weighted by Crippen LogP contribution is -2.10. The summed E-state index contributed by atoms with van der Waals surface area (Å²) in [6, 6.07) is 59.4. The smallest absolute Gasteiger partial charge is 0.227 e. The van der Waals surface area contributed by atoms with Crippen LogP contribution in [0.25, 0.3) is 77.2 Å². The summed E-state index contributed by atoms with van der Waals surface area (Å²) >= 11 is 0. The number of fused-ring (bicyclic) bond motifs is 8.